The maximum atomic E-state index is 4.75. The topological polar surface area (TPSA) is 54.2 Å². The molecule has 0 bridgehead atoms. The van der Waals surface area contributed by atoms with Gasteiger partial charge in [0.05, 0.1) is 24.1 Å². The van der Waals surface area contributed by atoms with Crippen molar-refractivity contribution >= 4 is 41.0 Å². The first-order chi connectivity index (χ1) is 12.7. The van der Waals surface area contributed by atoms with E-state index in [0.717, 1.165) is 35.8 Å². The maximum Gasteiger partial charge on any atom is 0.191 e. The number of hydrogen-bond acceptors (Lipinski definition) is 2. The largest absolute Gasteiger partial charge is 0.357 e. The molecular weight excluding hydrogens is 449 g/mol. The Kier molecular flexibility index (Phi) is 8.09. The fraction of sp³-hybridized carbons (Fsp3) is 0.333. The summed E-state index contributed by atoms with van der Waals surface area (Å²) in [5.41, 5.74) is 4.78. The first kappa shape index (κ1) is 21.2. The predicted octanol–water partition coefficient (Wildman–Crippen LogP) is 4.01. The summed E-state index contributed by atoms with van der Waals surface area (Å²) in [5, 5.41) is 6.72. The van der Waals surface area contributed by atoms with E-state index in [-0.39, 0.29) is 24.0 Å². The van der Waals surface area contributed by atoms with Gasteiger partial charge in [-0.05, 0) is 36.6 Å². The third-order valence-electron chi connectivity index (χ3n) is 4.54. The number of hydrogen-bond donors (Lipinski definition) is 2. The molecule has 5 nitrogen and oxygen atoms in total. The SMILES string of the molecule is CCNC(=NCc1ccccc1CC)NCc1nc2ccccc2n1C.I. The van der Waals surface area contributed by atoms with Gasteiger partial charge in [0.2, 0.25) is 0 Å². The van der Waals surface area contributed by atoms with E-state index in [1.807, 2.05) is 25.2 Å². The zero-order chi connectivity index (χ0) is 18.4. The number of guanidine groups is 1. The highest BCUT2D eigenvalue weighted by molar-refractivity contribution is 14.0. The van der Waals surface area contributed by atoms with Crippen molar-refractivity contribution in [2.24, 2.45) is 12.0 Å². The van der Waals surface area contributed by atoms with Gasteiger partial charge in [-0.1, -0.05) is 43.3 Å². The fourth-order valence-corrected chi connectivity index (χ4v) is 3.08. The molecule has 27 heavy (non-hydrogen) atoms. The third kappa shape index (κ3) is 5.22. The maximum absolute atomic E-state index is 4.75. The summed E-state index contributed by atoms with van der Waals surface area (Å²) in [6.45, 7) is 6.38. The number of benzene rings is 2. The summed E-state index contributed by atoms with van der Waals surface area (Å²) in [7, 11) is 2.05. The second-order valence-corrected chi connectivity index (χ2v) is 6.25. The number of aliphatic imine (C=N–C) groups is 1. The molecule has 0 radical (unpaired) electrons. The second kappa shape index (κ2) is 10.3. The van der Waals surface area contributed by atoms with Gasteiger partial charge in [-0.25, -0.2) is 9.98 Å². The molecule has 144 valence electrons. The minimum absolute atomic E-state index is 0. The van der Waals surface area contributed by atoms with Gasteiger partial charge < -0.3 is 15.2 Å². The minimum atomic E-state index is 0. The van der Waals surface area contributed by atoms with Crippen molar-refractivity contribution in [3.05, 3.63) is 65.5 Å². The number of fused-ring (bicyclic) bond motifs is 1. The highest BCUT2D eigenvalue weighted by Gasteiger charge is 2.08. The molecule has 3 aromatic rings. The molecule has 1 heterocycles. The molecule has 0 saturated carbocycles. The molecular formula is C21H28IN5. The number of nitrogens with zero attached hydrogens (tertiary/aromatic N) is 3. The van der Waals surface area contributed by atoms with Crippen LogP contribution in [0.1, 0.15) is 30.8 Å². The van der Waals surface area contributed by atoms with Crippen molar-refractivity contribution in [3.63, 3.8) is 0 Å². The average molecular weight is 477 g/mol. The van der Waals surface area contributed by atoms with E-state index < -0.39 is 0 Å². The number of halogens is 1. The summed E-state index contributed by atoms with van der Waals surface area (Å²) in [6.07, 6.45) is 1.02. The molecule has 0 unspecified atom stereocenters. The Morgan fingerprint density at radius 2 is 1.70 bits per heavy atom. The lowest BCUT2D eigenvalue weighted by Crippen LogP contribution is -2.37. The predicted molar refractivity (Wildman–Crippen MR) is 124 cm³/mol. The Morgan fingerprint density at radius 1 is 1.00 bits per heavy atom. The molecule has 0 amide bonds. The molecule has 2 aromatic carbocycles. The van der Waals surface area contributed by atoms with Gasteiger partial charge in [0.15, 0.2) is 5.96 Å². The third-order valence-corrected chi connectivity index (χ3v) is 4.54. The van der Waals surface area contributed by atoms with Crippen molar-refractivity contribution in [1.29, 1.82) is 0 Å². The molecule has 1 aromatic heterocycles. The van der Waals surface area contributed by atoms with Crippen LogP contribution in [-0.2, 0) is 26.6 Å². The Labute approximate surface area is 178 Å². The van der Waals surface area contributed by atoms with E-state index in [9.17, 15) is 0 Å². The van der Waals surface area contributed by atoms with Gasteiger partial charge in [0.25, 0.3) is 0 Å². The number of nitrogens with one attached hydrogen (secondary N) is 2. The van der Waals surface area contributed by atoms with Crippen LogP contribution in [0.2, 0.25) is 0 Å². The van der Waals surface area contributed by atoms with Gasteiger partial charge in [-0.3, -0.25) is 0 Å². The lowest BCUT2D eigenvalue weighted by molar-refractivity contribution is 0.737. The minimum Gasteiger partial charge on any atom is -0.357 e. The number of aryl methyl sites for hydroxylation is 2. The van der Waals surface area contributed by atoms with Crippen LogP contribution in [-0.4, -0.2) is 22.1 Å². The molecule has 0 aliphatic carbocycles. The summed E-state index contributed by atoms with van der Waals surface area (Å²) < 4.78 is 2.12. The van der Waals surface area contributed by atoms with Gasteiger partial charge in [-0.2, -0.15) is 0 Å². The second-order valence-electron chi connectivity index (χ2n) is 6.25. The summed E-state index contributed by atoms with van der Waals surface area (Å²) >= 11 is 0. The Morgan fingerprint density at radius 3 is 2.41 bits per heavy atom. The number of rotatable bonds is 6. The van der Waals surface area contributed by atoms with E-state index in [2.05, 4.69) is 59.4 Å². The van der Waals surface area contributed by atoms with Gasteiger partial charge in [-0.15, -0.1) is 24.0 Å². The monoisotopic (exact) mass is 477 g/mol. The van der Waals surface area contributed by atoms with Crippen molar-refractivity contribution < 1.29 is 0 Å². The van der Waals surface area contributed by atoms with Crippen LogP contribution < -0.4 is 10.6 Å². The molecule has 0 atom stereocenters. The summed E-state index contributed by atoms with van der Waals surface area (Å²) in [5.74, 6) is 1.80. The van der Waals surface area contributed by atoms with Gasteiger partial charge in [0, 0.05) is 13.6 Å². The normalized spacial score (nSPS) is 11.3. The smallest absolute Gasteiger partial charge is 0.191 e. The molecule has 3 rings (SSSR count). The van der Waals surface area contributed by atoms with Crippen molar-refractivity contribution in [3.8, 4) is 0 Å². The average Bonchev–Trinajstić information content (AvgIpc) is 3.00. The molecule has 0 aliphatic rings. The van der Waals surface area contributed by atoms with Crippen molar-refractivity contribution in [2.45, 2.75) is 33.4 Å². The number of imidazole rings is 1. The van der Waals surface area contributed by atoms with Crippen molar-refractivity contribution in [1.82, 2.24) is 20.2 Å². The Bertz CT molecular complexity index is 900. The fourth-order valence-electron chi connectivity index (χ4n) is 3.08. The number of para-hydroxylation sites is 2. The lowest BCUT2D eigenvalue weighted by Gasteiger charge is -2.12. The molecule has 0 fully saturated rings. The van der Waals surface area contributed by atoms with E-state index >= 15 is 0 Å². The highest BCUT2D eigenvalue weighted by atomic mass is 127. The lowest BCUT2D eigenvalue weighted by atomic mass is 10.1. The molecule has 2 N–H and O–H groups in total. The highest BCUT2D eigenvalue weighted by Crippen LogP contribution is 2.14. The van der Waals surface area contributed by atoms with Crippen LogP contribution in [0.4, 0.5) is 0 Å². The van der Waals surface area contributed by atoms with Crippen LogP contribution in [0.15, 0.2) is 53.5 Å². The van der Waals surface area contributed by atoms with E-state index in [0.29, 0.717) is 13.1 Å². The van der Waals surface area contributed by atoms with Crippen LogP contribution in [0.5, 0.6) is 0 Å². The summed E-state index contributed by atoms with van der Waals surface area (Å²) in [6, 6.07) is 16.7. The van der Waals surface area contributed by atoms with Crippen LogP contribution in [0.3, 0.4) is 0 Å². The standard InChI is InChI=1S/C21H27N5.HI/c1-4-16-10-6-7-11-17(16)14-23-21(22-5-2)24-15-20-25-18-12-8-9-13-19(18)26(20)3;/h6-13H,4-5,14-15H2,1-3H3,(H2,22,23,24);1H. The zero-order valence-corrected chi connectivity index (χ0v) is 18.5. The van der Waals surface area contributed by atoms with Crippen LogP contribution >= 0.6 is 24.0 Å². The molecule has 0 aliphatic heterocycles. The Balaban J connectivity index is 0.00000261. The quantitative estimate of drug-likeness (QED) is 0.321. The van der Waals surface area contributed by atoms with E-state index in [4.69, 9.17) is 9.98 Å². The first-order valence-electron chi connectivity index (χ1n) is 9.22. The molecule has 0 spiro atoms. The van der Waals surface area contributed by atoms with Crippen LogP contribution in [0, 0.1) is 0 Å². The van der Waals surface area contributed by atoms with E-state index in [1.54, 1.807) is 0 Å². The Hall–Kier alpha value is -2.09. The van der Waals surface area contributed by atoms with Gasteiger partial charge in [0.1, 0.15) is 5.82 Å². The van der Waals surface area contributed by atoms with E-state index in [1.165, 1.54) is 11.1 Å². The zero-order valence-electron chi connectivity index (χ0n) is 16.2. The molecule has 6 heteroatoms. The van der Waals surface area contributed by atoms with Crippen LogP contribution in [0.25, 0.3) is 11.0 Å². The molecule has 0 saturated heterocycles. The summed E-state index contributed by atoms with van der Waals surface area (Å²) in [4.78, 5) is 9.46. The number of aromatic nitrogens is 2. The van der Waals surface area contributed by atoms with Crippen molar-refractivity contribution in [2.75, 3.05) is 6.54 Å². The first-order valence-corrected chi connectivity index (χ1v) is 9.22. The van der Waals surface area contributed by atoms with Gasteiger partial charge >= 0.3 is 0 Å².